The first-order valence-corrected chi connectivity index (χ1v) is 15.8. The van der Waals surface area contributed by atoms with E-state index in [0.29, 0.717) is 12.8 Å². The summed E-state index contributed by atoms with van der Waals surface area (Å²) >= 11 is 0. The summed E-state index contributed by atoms with van der Waals surface area (Å²) in [4.78, 5) is 24.7. The largest absolute Gasteiger partial charge is 0.488 e. The van der Waals surface area contributed by atoms with Crippen LogP contribution >= 0.6 is 0 Å². The normalized spacial score (nSPS) is 12.7. The van der Waals surface area contributed by atoms with Crippen LogP contribution in [0.4, 0.5) is 0 Å². The first-order valence-electron chi connectivity index (χ1n) is 15.8. The molecule has 0 aliphatic heterocycles. The molecule has 0 amide bonds. The average Bonchev–Trinajstić information content (AvgIpc) is 2.95. The van der Waals surface area contributed by atoms with E-state index in [1.807, 2.05) is 27.7 Å². The molecule has 0 saturated carbocycles. The molecular formula is C36H50O6. The molecule has 42 heavy (non-hydrogen) atoms. The van der Waals surface area contributed by atoms with Crippen LogP contribution in [0.25, 0.3) is 21.5 Å². The molecule has 6 nitrogen and oxygen atoms in total. The SMILES string of the molecule is CCCCCCC(=O)OC(C)COc1c2ccc(C)cc2c(OCC(C)OC(=O)CCCCCC)c2ccc(C)cc12. The van der Waals surface area contributed by atoms with E-state index in [1.54, 1.807) is 0 Å². The second kappa shape index (κ2) is 17.0. The predicted octanol–water partition coefficient (Wildman–Crippen LogP) is 9.17. The van der Waals surface area contributed by atoms with Crippen molar-refractivity contribution in [2.45, 2.75) is 118 Å². The van der Waals surface area contributed by atoms with E-state index in [1.165, 1.54) is 0 Å². The standard InChI is InChI=1S/C36H50O6/c1-7-9-11-13-15-33(37)41-27(5)23-39-35-29-19-17-26(4)22-32(29)36(30-20-18-25(3)21-31(30)35)40-24-28(6)42-34(38)16-14-12-10-8-2/h17-22,27-28H,7-16,23-24H2,1-6H3. The number of benzene rings is 3. The van der Waals surface area contributed by atoms with Crippen LogP contribution in [-0.2, 0) is 19.1 Å². The lowest BCUT2D eigenvalue weighted by atomic mass is 9.97. The third kappa shape index (κ3) is 9.92. The van der Waals surface area contributed by atoms with Crippen LogP contribution in [0.5, 0.6) is 11.5 Å². The molecule has 0 aliphatic carbocycles. The van der Waals surface area contributed by atoms with E-state index in [2.05, 4.69) is 50.2 Å². The van der Waals surface area contributed by atoms with Gasteiger partial charge in [-0.05, 0) is 52.7 Å². The van der Waals surface area contributed by atoms with E-state index in [-0.39, 0.29) is 37.4 Å². The Balaban J connectivity index is 1.80. The lowest BCUT2D eigenvalue weighted by Crippen LogP contribution is -2.22. The van der Waals surface area contributed by atoms with Gasteiger partial charge in [-0.15, -0.1) is 0 Å². The van der Waals surface area contributed by atoms with Crippen LogP contribution in [-0.4, -0.2) is 37.4 Å². The quantitative estimate of drug-likeness (QED) is 0.0851. The second-order valence-corrected chi connectivity index (χ2v) is 11.6. The smallest absolute Gasteiger partial charge is 0.306 e. The maximum Gasteiger partial charge on any atom is 0.306 e. The Kier molecular flexibility index (Phi) is 13.4. The zero-order chi connectivity index (χ0) is 30.5. The van der Waals surface area contributed by atoms with Crippen molar-refractivity contribution in [1.29, 1.82) is 0 Å². The number of unbranched alkanes of at least 4 members (excludes halogenated alkanes) is 6. The molecule has 0 saturated heterocycles. The zero-order valence-electron chi connectivity index (χ0n) is 26.6. The number of carbonyl (C=O) groups excluding carboxylic acids is 2. The van der Waals surface area contributed by atoms with E-state index < -0.39 is 0 Å². The summed E-state index contributed by atoms with van der Waals surface area (Å²) < 4.78 is 24.1. The molecule has 0 radical (unpaired) electrons. The Morgan fingerprint density at radius 1 is 0.595 bits per heavy atom. The number of hydrogen-bond donors (Lipinski definition) is 0. The molecule has 0 N–H and O–H groups in total. The highest BCUT2D eigenvalue weighted by Gasteiger charge is 2.20. The lowest BCUT2D eigenvalue weighted by molar-refractivity contribution is -0.150. The summed E-state index contributed by atoms with van der Waals surface area (Å²) in [6, 6.07) is 12.4. The van der Waals surface area contributed by atoms with Gasteiger partial charge in [-0.25, -0.2) is 0 Å². The minimum absolute atomic E-state index is 0.178. The third-order valence-electron chi connectivity index (χ3n) is 7.39. The molecule has 3 aromatic rings. The van der Waals surface area contributed by atoms with Crippen molar-refractivity contribution in [3.8, 4) is 11.5 Å². The Bertz CT molecular complexity index is 1210. The van der Waals surface area contributed by atoms with Crippen LogP contribution in [0.2, 0.25) is 0 Å². The van der Waals surface area contributed by atoms with E-state index in [4.69, 9.17) is 18.9 Å². The fourth-order valence-electron chi connectivity index (χ4n) is 5.12. The molecule has 2 atom stereocenters. The van der Waals surface area contributed by atoms with Gasteiger partial charge < -0.3 is 18.9 Å². The van der Waals surface area contributed by atoms with E-state index in [0.717, 1.165) is 95.5 Å². The third-order valence-corrected chi connectivity index (χ3v) is 7.39. The Labute approximate surface area is 252 Å². The molecule has 6 heteroatoms. The van der Waals surface area contributed by atoms with Gasteiger partial charge in [0.25, 0.3) is 0 Å². The number of esters is 2. The second-order valence-electron chi connectivity index (χ2n) is 11.6. The van der Waals surface area contributed by atoms with E-state index in [9.17, 15) is 9.59 Å². The molecule has 0 heterocycles. The summed E-state index contributed by atoms with van der Waals surface area (Å²) in [6.07, 6.45) is 8.45. The monoisotopic (exact) mass is 578 g/mol. The number of carbonyl (C=O) groups is 2. The summed E-state index contributed by atoms with van der Waals surface area (Å²) in [5, 5.41) is 3.71. The van der Waals surface area contributed by atoms with E-state index >= 15 is 0 Å². The molecule has 0 bridgehead atoms. The maximum atomic E-state index is 12.3. The highest BCUT2D eigenvalue weighted by molar-refractivity contribution is 6.11. The summed E-state index contributed by atoms with van der Waals surface area (Å²) in [5.41, 5.74) is 2.20. The zero-order valence-corrected chi connectivity index (χ0v) is 26.6. The fourth-order valence-corrected chi connectivity index (χ4v) is 5.12. The number of fused-ring (bicyclic) bond motifs is 2. The molecule has 3 rings (SSSR count). The highest BCUT2D eigenvalue weighted by atomic mass is 16.6. The molecule has 0 spiro atoms. The Hall–Kier alpha value is -3.28. The topological polar surface area (TPSA) is 71.1 Å². The first-order chi connectivity index (χ1) is 20.2. The predicted molar refractivity (Wildman–Crippen MR) is 171 cm³/mol. The van der Waals surface area contributed by atoms with Crippen LogP contribution in [0.15, 0.2) is 36.4 Å². The minimum Gasteiger partial charge on any atom is -0.488 e. The van der Waals surface area contributed by atoms with Crippen molar-refractivity contribution in [2.75, 3.05) is 13.2 Å². The molecule has 2 unspecified atom stereocenters. The summed E-state index contributed by atoms with van der Waals surface area (Å²) in [5.74, 6) is 1.13. The van der Waals surface area contributed by atoms with Gasteiger partial charge in [0.15, 0.2) is 0 Å². The van der Waals surface area contributed by atoms with Crippen molar-refractivity contribution in [2.24, 2.45) is 0 Å². The van der Waals surface area contributed by atoms with Crippen LogP contribution in [0.3, 0.4) is 0 Å². The van der Waals surface area contributed by atoms with Crippen molar-refractivity contribution < 1.29 is 28.5 Å². The molecule has 0 fully saturated rings. The molecule has 230 valence electrons. The molecule has 3 aromatic carbocycles. The highest BCUT2D eigenvalue weighted by Crippen LogP contribution is 2.43. The summed E-state index contributed by atoms with van der Waals surface area (Å²) in [6.45, 7) is 12.6. The molecule has 0 aliphatic rings. The number of aryl methyl sites for hydroxylation is 2. The summed E-state index contributed by atoms with van der Waals surface area (Å²) in [7, 11) is 0. The van der Waals surface area contributed by atoms with Gasteiger partial charge in [-0.3, -0.25) is 9.59 Å². The van der Waals surface area contributed by atoms with Gasteiger partial charge in [0.05, 0.1) is 0 Å². The number of ether oxygens (including phenoxy) is 4. The van der Waals surface area contributed by atoms with Gasteiger partial charge >= 0.3 is 11.9 Å². The van der Waals surface area contributed by atoms with Crippen molar-refractivity contribution in [3.63, 3.8) is 0 Å². The van der Waals surface area contributed by atoms with Crippen LogP contribution in [0.1, 0.15) is 103 Å². The van der Waals surface area contributed by atoms with Gasteiger partial charge in [0, 0.05) is 34.4 Å². The van der Waals surface area contributed by atoms with Gasteiger partial charge in [0.1, 0.15) is 36.9 Å². The molecule has 0 aromatic heterocycles. The van der Waals surface area contributed by atoms with Gasteiger partial charge in [0.2, 0.25) is 0 Å². The van der Waals surface area contributed by atoms with Crippen LogP contribution < -0.4 is 9.47 Å². The maximum absolute atomic E-state index is 12.3. The average molecular weight is 579 g/mol. The Morgan fingerprint density at radius 2 is 1.00 bits per heavy atom. The molecular weight excluding hydrogens is 528 g/mol. The fraction of sp³-hybridized carbons (Fsp3) is 0.556. The Morgan fingerprint density at radius 3 is 1.38 bits per heavy atom. The van der Waals surface area contributed by atoms with Crippen LogP contribution in [0, 0.1) is 13.8 Å². The van der Waals surface area contributed by atoms with Crippen molar-refractivity contribution in [1.82, 2.24) is 0 Å². The van der Waals surface area contributed by atoms with Crippen molar-refractivity contribution in [3.05, 3.63) is 47.5 Å². The van der Waals surface area contributed by atoms with Gasteiger partial charge in [-0.2, -0.15) is 0 Å². The lowest BCUT2D eigenvalue weighted by Gasteiger charge is -2.21. The van der Waals surface area contributed by atoms with Gasteiger partial charge in [-0.1, -0.05) is 87.8 Å². The minimum atomic E-state index is -0.377. The number of hydrogen-bond acceptors (Lipinski definition) is 6. The number of rotatable bonds is 18. The van der Waals surface area contributed by atoms with Crippen molar-refractivity contribution >= 4 is 33.5 Å². The first kappa shape index (κ1) is 33.2.